The number of anilines is 2. The monoisotopic (exact) mass is 702 g/mol. The Morgan fingerprint density at radius 2 is 1.30 bits per heavy atom. The third-order valence-electron chi connectivity index (χ3n) is 6.90. The summed E-state index contributed by atoms with van der Waals surface area (Å²) in [6.45, 7) is 6.16. The minimum atomic E-state index is -0.733. The Hall–Kier alpha value is -4.21. The van der Waals surface area contributed by atoms with Gasteiger partial charge in [0, 0.05) is 4.47 Å². The molecule has 1 fully saturated rings. The number of hydrogen-bond acceptors (Lipinski definition) is 5. The van der Waals surface area contributed by atoms with Crippen molar-refractivity contribution in [2.45, 2.75) is 27.4 Å². The van der Waals surface area contributed by atoms with Crippen molar-refractivity contribution in [3.63, 3.8) is 0 Å². The summed E-state index contributed by atoms with van der Waals surface area (Å²) in [5.41, 5.74) is 3.58. The standard InChI is InChI=1S/C34H28Br2N2O5/c1-4-42-30-19-24(18-27(36)31(30)43-20-23-13-15-25(35)16-14-23)17-26-32(39)37(28-11-7-5-9-21(28)2)34(41)38(33(26)40)29-12-8-6-10-22(29)3/h5-19H,4,20H2,1-3H3. The lowest BCUT2D eigenvalue weighted by molar-refractivity contribution is -0.121. The number of amides is 4. The van der Waals surface area contributed by atoms with Crippen LogP contribution in [0.3, 0.4) is 0 Å². The zero-order valence-electron chi connectivity index (χ0n) is 23.8. The van der Waals surface area contributed by atoms with Gasteiger partial charge in [0.15, 0.2) is 11.5 Å². The second-order valence-corrected chi connectivity index (χ2v) is 11.6. The molecular formula is C34H28Br2N2O5. The Balaban J connectivity index is 1.58. The molecule has 0 atom stereocenters. The van der Waals surface area contributed by atoms with Crippen LogP contribution in [0.25, 0.3) is 6.08 Å². The maximum absolute atomic E-state index is 13.9. The van der Waals surface area contributed by atoms with Crippen molar-refractivity contribution in [2.75, 3.05) is 16.4 Å². The van der Waals surface area contributed by atoms with Crippen LogP contribution in [0.2, 0.25) is 0 Å². The van der Waals surface area contributed by atoms with E-state index in [-0.39, 0.29) is 5.57 Å². The molecule has 1 aliphatic heterocycles. The van der Waals surface area contributed by atoms with E-state index in [0.717, 1.165) is 31.0 Å². The molecule has 0 aromatic heterocycles. The average Bonchev–Trinajstić information content (AvgIpc) is 2.98. The molecule has 4 amide bonds. The van der Waals surface area contributed by atoms with E-state index in [0.29, 0.717) is 46.1 Å². The van der Waals surface area contributed by atoms with Crippen molar-refractivity contribution in [3.8, 4) is 11.5 Å². The van der Waals surface area contributed by atoms with Gasteiger partial charge in [-0.3, -0.25) is 9.59 Å². The van der Waals surface area contributed by atoms with Crippen LogP contribution < -0.4 is 19.3 Å². The molecule has 0 spiro atoms. The van der Waals surface area contributed by atoms with Gasteiger partial charge in [-0.2, -0.15) is 0 Å². The van der Waals surface area contributed by atoms with E-state index in [4.69, 9.17) is 9.47 Å². The Morgan fingerprint density at radius 1 is 0.744 bits per heavy atom. The normalized spacial score (nSPS) is 13.4. The summed E-state index contributed by atoms with van der Waals surface area (Å²) >= 11 is 7.03. The summed E-state index contributed by atoms with van der Waals surface area (Å²) in [5, 5.41) is 0. The maximum Gasteiger partial charge on any atom is 0.343 e. The molecule has 4 aromatic rings. The summed E-state index contributed by atoms with van der Waals surface area (Å²) < 4.78 is 13.6. The second-order valence-electron chi connectivity index (χ2n) is 9.87. The van der Waals surface area contributed by atoms with Gasteiger partial charge in [-0.1, -0.05) is 64.5 Å². The van der Waals surface area contributed by atoms with Crippen LogP contribution in [-0.4, -0.2) is 24.5 Å². The molecule has 7 nitrogen and oxygen atoms in total. The minimum Gasteiger partial charge on any atom is -0.490 e. The molecule has 1 aliphatic rings. The number of para-hydroxylation sites is 2. The number of carbonyl (C=O) groups excluding carboxylic acids is 3. The minimum absolute atomic E-state index is 0.163. The third kappa shape index (κ3) is 6.28. The summed E-state index contributed by atoms with van der Waals surface area (Å²) in [7, 11) is 0. The van der Waals surface area contributed by atoms with Crippen LogP contribution in [0.1, 0.15) is 29.2 Å². The van der Waals surface area contributed by atoms with E-state index in [1.807, 2.05) is 69.3 Å². The molecule has 1 saturated heterocycles. The molecule has 1 heterocycles. The Kier molecular flexibility index (Phi) is 9.13. The molecular weight excluding hydrogens is 676 g/mol. The summed E-state index contributed by atoms with van der Waals surface area (Å²) in [5.74, 6) is -0.483. The molecule has 5 rings (SSSR count). The fourth-order valence-electron chi connectivity index (χ4n) is 4.76. The smallest absolute Gasteiger partial charge is 0.343 e. The predicted octanol–water partition coefficient (Wildman–Crippen LogP) is 8.39. The number of ether oxygens (including phenoxy) is 2. The first-order chi connectivity index (χ1) is 20.7. The molecule has 4 aromatic carbocycles. The van der Waals surface area contributed by atoms with Gasteiger partial charge in [-0.25, -0.2) is 14.6 Å². The molecule has 0 radical (unpaired) electrons. The Morgan fingerprint density at radius 3 is 1.84 bits per heavy atom. The van der Waals surface area contributed by atoms with Gasteiger partial charge < -0.3 is 9.47 Å². The van der Waals surface area contributed by atoms with E-state index in [2.05, 4.69) is 31.9 Å². The highest BCUT2D eigenvalue weighted by Crippen LogP contribution is 2.39. The number of urea groups is 1. The van der Waals surface area contributed by atoms with E-state index in [9.17, 15) is 14.4 Å². The fourth-order valence-corrected chi connectivity index (χ4v) is 5.60. The first-order valence-electron chi connectivity index (χ1n) is 13.6. The molecule has 0 bridgehead atoms. The van der Waals surface area contributed by atoms with Crippen molar-refractivity contribution in [1.29, 1.82) is 0 Å². The number of nitrogens with zero attached hydrogens (tertiary/aromatic N) is 2. The first kappa shape index (κ1) is 30.3. The van der Waals surface area contributed by atoms with Gasteiger partial charge in [0.25, 0.3) is 11.8 Å². The number of halogens is 2. The number of imide groups is 2. The molecule has 218 valence electrons. The van der Waals surface area contributed by atoms with Crippen molar-refractivity contribution in [2.24, 2.45) is 0 Å². The van der Waals surface area contributed by atoms with Gasteiger partial charge in [0.2, 0.25) is 0 Å². The van der Waals surface area contributed by atoms with Crippen LogP contribution in [0, 0.1) is 13.8 Å². The molecule has 0 unspecified atom stereocenters. The SMILES string of the molecule is CCOc1cc(C=C2C(=O)N(c3ccccc3C)C(=O)N(c3ccccc3C)C2=O)cc(Br)c1OCc1ccc(Br)cc1. The summed E-state index contributed by atoms with van der Waals surface area (Å²) in [4.78, 5) is 43.8. The van der Waals surface area contributed by atoms with Gasteiger partial charge in [0.1, 0.15) is 12.2 Å². The van der Waals surface area contributed by atoms with E-state index in [1.54, 1.807) is 36.4 Å². The van der Waals surface area contributed by atoms with Crippen LogP contribution in [0.4, 0.5) is 16.2 Å². The highest BCUT2D eigenvalue weighted by molar-refractivity contribution is 9.10. The first-order valence-corrected chi connectivity index (χ1v) is 15.2. The fraction of sp³-hybridized carbons (Fsp3) is 0.147. The Labute approximate surface area is 267 Å². The molecule has 0 N–H and O–H groups in total. The lowest BCUT2D eigenvalue weighted by Crippen LogP contribution is -2.57. The number of barbiturate groups is 1. The van der Waals surface area contributed by atoms with Crippen LogP contribution >= 0.6 is 31.9 Å². The molecule has 0 aliphatic carbocycles. The largest absolute Gasteiger partial charge is 0.490 e. The van der Waals surface area contributed by atoms with Gasteiger partial charge in [-0.15, -0.1) is 0 Å². The highest BCUT2D eigenvalue weighted by Gasteiger charge is 2.44. The molecule has 43 heavy (non-hydrogen) atoms. The average molecular weight is 704 g/mol. The molecule has 0 saturated carbocycles. The van der Waals surface area contributed by atoms with Crippen LogP contribution in [-0.2, 0) is 16.2 Å². The number of benzene rings is 4. The summed E-state index contributed by atoms with van der Waals surface area (Å²) in [6.07, 6.45) is 1.49. The van der Waals surface area contributed by atoms with Gasteiger partial charge >= 0.3 is 6.03 Å². The van der Waals surface area contributed by atoms with E-state index in [1.165, 1.54) is 6.08 Å². The lowest BCUT2D eigenvalue weighted by Gasteiger charge is -2.35. The van der Waals surface area contributed by atoms with Crippen molar-refractivity contribution >= 4 is 67.2 Å². The van der Waals surface area contributed by atoms with Gasteiger partial charge in [-0.05, 0) is 101 Å². The maximum atomic E-state index is 13.9. The van der Waals surface area contributed by atoms with E-state index < -0.39 is 17.8 Å². The van der Waals surface area contributed by atoms with Crippen LogP contribution in [0.5, 0.6) is 11.5 Å². The molecule has 9 heteroatoms. The van der Waals surface area contributed by atoms with Crippen molar-refractivity contribution < 1.29 is 23.9 Å². The number of carbonyl (C=O) groups is 3. The number of rotatable bonds is 8. The topological polar surface area (TPSA) is 76.2 Å². The highest BCUT2D eigenvalue weighted by atomic mass is 79.9. The zero-order valence-corrected chi connectivity index (χ0v) is 26.9. The zero-order chi connectivity index (χ0) is 30.7. The number of aryl methyl sites for hydroxylation is 2. The van der Waals surface area contributed by atoms with Gasteiger partial charge in [0.05, 0.1) is 22.5 Å². The van der Waals surface area contributed by atoms with Crippen LogP contribution in [0.15, 0.2) is 99.4 Å². The predicted molar refractivity (Wildman–Crippen MR) is 174 cm³/mol. The van der Waals surface area contributed by atoms with Crippen molar-refractivity contribution in [1.82, 2.24) is 0 Å². The summed E-state index contributed by atoms with van der Waals surface area (Å²) in [6, 6.07) is 24.7. The third-order valence-corrected chi connectivity index (χ3v) is 8.02. The quantitative estimate of drug-likeness (QED) is 0.136. The van der Waals surface area contributed by atoms with E-state index >= 15 is 0 Å². The number of hydrogen-bond donors (Lipinski definition) is 0. The second kappa shape index (κ2) is 13.0. The van der Waals surface area contributed by atoms with Crippen molar-refractivity contribution in [3.05, 3.63) is 122 Å². The lowest BCUT2D eigenvalue weighted by atomic mass is 10.0. The Bertz CT molecular complexity index is 1680.